The fraction of sp³-hybridized carbons (Fsp3) is 0. The van der Waals surface area contributed by atoms with E-state index in [0.29, 0.717) is 27.4 Å². The molecule has 1 amide bonds. The minimum atomic E-state index is -0.324. The normalized spacial score (nSPS) is 11.2. The van der Waals surface area contributed by atoms with Crippen LogP contribution in [0.4, 0.5) is 5.69 Å². The van der Waals surface area contributed by atoms with Crippen molar-refractivity contribution >= 4 is 40.4 Å². The van der Waals surface area contributed by atoms with Gasteiger partial charge in [-0.1, -0.05) is 23.7 Å². The van der Waals surface area contributed by atoms with E-state index < -0.39 is 0 Å². The molecule has 0 saturated heterocycles. The van der Waals surface area contributed by atoms with Gasteiger partial charge in [0.2, 0.25) is 11.8 Å². The van der Waals surface area contributed by atoms with Crippen molar-refractivity contribution in [3.05, 3.63) is 77.6 Å². The monoisotopic (exact) mass is 391 g/mol. The maximum atomic E-state index is 12.1. The van der Waals surface area contributed by atoms with Gasteiger partial charge in [0.25, 0.3) is 0 Å². The van der Waals surface area contributed by atoms with Gasteiger partial charge >= 0.3 is 0 Å². The highest BCUT2D eigenvalue weighted by atomic mass is 35.5. The molecule has 0 unspecified atom stereocenters. The summed E-state index contributed by atoms with van der Waals surface area (Å²) in [5.41, 5.74) is 2.90. The lowest BCUT2D eigenvalue weighted by molar-refractivity contribution is -0.111. The molecule has 0 bridgehead atoms. The Morgan fingerprint density at radius 2 is 1.96 bits per heavy atom. The number of benzene rings is 2. The van der Waals surface area contributed by atoms with E-state index in [1.807, 2.05) is 12.1 Å². The molecule has 0 fully saturated rings. The number of aromatic nitrogens is 2. The molecule has 2 heterocycles. The maximum absolute atomic E-state index is 12.1. The van der Waals surface area contributed by atoms with E-state index in [1.54, 1.807) is 48.8 Å². The lowest BCUT2D eigenvalue weighted by atomic mass is 10.1. The number of rotatable bonds is 4. The molecular weight excluding hydrogens is 378 g/mol. The number of nitrogens with one attached hydrogen (secondary N) is 1. The van der Waals surface area contributed by atoms with Crippen LogP contribution in [-0.4, -0.2) is 21.0 Å². The maximum Gasteiger partial charge on any atom is 0.248 e. The number of pyridine rings is 1. The number of hydrogen-bond acceptors (Lipinski definition) is 5. The largest absolute Gasteiger partial charge is 0.507 e. The molecule has 2 aromatic carbocycles. The van der Waals surface area contributed by atoms with Gasteiger partial charge in [0.05, 0.1) is 11.8 Å². The van der Waals surface area contributed by atoms with Gasteiger partial charge in [-0.15, -0.1) is 0 Å². The van der Waals surface area contributed by atoms with Crippen molar-refractivity contribution in [2.24, 2.45) is 0 Å². The number of halogens is 1. The zero-order valence-electron chi connectivity index (χ0n) is 14.5. The highest BCUT2D eigenvalue weighted by Crippen LogP contribution is 2.32. The Morgan fingerprint density at radius 3 is 2.71 bits per heavy atom. The first-order valence-electron chi connectivity index (χ1n) is 8.37. The summed E-state index contributed by atoms with van der Waals surface area (Å²) in [6.07, 6.45) is 6.27. The van der Waals surface area contributed by atoms with E-state index in [1.165, 1.54) is 12.1 Å². The minimum absolute atomic E-state index is 0.0565. The zero-order valence-corrected chi connectivity index (χ0v) is 15.2. The third kappa shape index (κ3) is 3.87. The second-order valence-electron chi connectivity index (χ2n) is 5.97. The fourth-order valence-corrected chi connectivity index (χ4v) is 2.74. The van der Waals surface area contributed by atoms with Gasteiger partial charge in [-0.3, -0.25) is 9.78 Å². The lowest BCUT2D eigenvalue weighted by Gasteiger charge is -2.05. The first-order valence-corrected chi connectivity index (χ1v) is 8.75. The van der Waals surface area contributed by atoms with Gasteiger partial charge in [0.15, 0.2) is 5.58 Å². The number of amides is 1. The quantitative estimate of drug-likeness (QED) is 0.483. The van der Waals surface area contributed by atoms with Crippen LogP contribution in [0.3, 0.4) is 0 Å². The van der Waals surface area contributed by atoms with Gasteiger partial charge in [-0.2, -0.15) is 0 Å². The van der Waals surface area contributed by atoms with Crippen molar-refractivity contribution in [2.75, 3.05) is 5.32 Å². The molecule has 2 N–H and O–H groups in total. The van der Waals surface area contributed by atoms with Gasteiger partial charge < -0.3 is 14.8 Å². The van der Waals surface area contributed by atoms with E-state index in [9.17, 15) is 9.90 Å². The number of phenolic OH excluding ortho intramolecular Hbond substituents is 1. The molecule has 2 aromatic heterocycles. The molecule has 0 radical (unpaired) electrons. The molecule has 4 rings (SSSR count). The third-order valence-electron chi connectivity index (χ3n) is 3.98. The summed E-state index contributed by atoms with van der Waals surface area (Å²) in [6.45, 7) is 0. The van der Waals surface area contributed by atoms with Crippen molar-refractivity contribution < 1.29 is 14.3 Å². The topological polar surface area (TPSA) is 88.3 Å². The van der Waals surface area contributed by atoms with Gasteiger partial charge in [-0.05, 0) is 35.9 Å². The molecular formula is C21H14ClN3O3. The summed E-state index contributed by atoms with van der Waals surface area (Å²) in [7, 11) is 0. The number of anilines is 1. The van der Waals surface area contributed by atoms with Crippen molar-refractivity contribution in [2.45, 2.75) is 0 Å². The summed E-state index contributed by atoms with van der Waals surface area (Å²) in [6, 6.07) is 13.5. The molecule has 138 valence electrons. The molecule has 0 aliphatic heterocycles. The van der Waals surface area contributed by atoms with Gasteiger partial charge in [-0.25, -0.2) is 4.98 Å². The predicted octanol–water partition coefficient (Wildman–Crippen LogP) is 4.90. The Balaban J connectivity index is 1.49. The number of aromatic hydroxyl groups is 1. The Hall–Kier alpha value is -3.64. The predicted molar refractivity (Wildman–Crippen MR) is 108 cm³/mol. The third-order valence-corrected chi connectivity index (χ3v) is 4.23. The highest BCUT2D eigenvalue weighted by molar-refractivity contribution is 6.30. The summed E-state index contributed by atoms with van der Waals surface area (Å²) in [4.78, 5) is 20.4. The van der Waals surface area contributed by atoms with Crippen LogP contribution >= 0.6 is 11.6 Å². The van der Waals surface area contributed by atoms with Crippen molar-refractivity contribution in [3.8, 4) is 17.2 Å². The van der Waals surface area contributed by atoms with Crippen molar-refractivity contribution in [1.29, 1.82) is 0 Å². The molecule has 28 heavy (non-hydrogen) atoms. The lowest BCUT2D eigenvalue weighted by Crippen LogP contribution is -2.07. The van der Waals surface area contributed by atoms with Gasteiger partial charge in [0.1, 0.15) is 11.3 Å². The van der Waals surface area contributed by atoms with E-state index in [0.717, 1.165) is 5.56 Å². The molecule has 0 spiro atoms. The zero-order chi connectivity index (χ0) is 19.5. The molecule has 0 aliphatic carbocycles. The fourth-order valence-electron chi connectivity index (χ4n) is 2.62. The summed E-state index contributed by atoms with van der Waals surface area (Å²) < 4.78 is 5.63. The number of fused-ring (bicyclic) bond motifs is 1. The standard InChI is InChI=1S/C21H14ClN3O3/c22-14-4-1-13(2-5-14)3-8-20(27)24-15-6-7-16(18(26)11-15)21-25-17-12-23-10-9-19(17)28-21/h1-12,26H,(H,24,27)/b8-3+. The molecule has 0 saturated carbocycles. The smallest absolute Gasteiger partial charge is 0.248 e. The van der Waals surface area contributed by atoms with E-state index in [-0.39, 0.29) is 17.5 Å². The Bertz CT molecular complexity index is 1150. The SMILES string of the molecule is O=C(/C=C/c1ccc(Cl)cc1)Nc1ccc(-c2nc3cnccc3o2)c(O)c1. The first-order chi connectivity index (χ1) is 13.6. The average Bonchev–Trinajstić information content (AvgIpc) is 3.11. The van der Waals surface area contributed by atoms with Crippen LogP contribution in [-0.2, 0) is 4.79 Å². The van der Waals surface area contributed by atoms with E-state index >= 15 is 0 Å². The van der Waals surface area contributed by atoms with Crippen LogP contribution in [0.2, 0.25) is 5.02 Å². The van der Waals surface area contributed by atoms with Crippen LogP contribution in [0.25, 0.3) is 28.6 Å². The number of oxazole rings is 1. The Morgan fingerprint density at radius 1 is 1.14 bits per heavy atom. The Kier molecular flexibility index (Phi) is 4.78. The minimum Gasteiger partial charge on any atom is -0.507 e. The highest BCUT2D eigenvalue weighted by Gasteiger charge is 2.13. The van der Waals surface area contributed by atoms with Crippen LogP contribution in [0.15, 0.2) is 71.4 Å². The summed E-state index contributed by atoms with van der Waals surface area (Å²) in [5, 5.41) is 13.6. The number of nitrogens with zero attached hydrogens (tertiary/aromatic N) is 2. The molecule has 6 nitrogen and oxygen atoms in total. The van der Waals surface area contributed by atoms with Crippen molar-refractivity contribution in [1.82, 2.24) is 9.97 Å². The Labute approximate surface area is 165 Å². The summed E-state index contributed by atoms with van der Waals surface area (Å²) in [5.74, 6) is -0.102. The van der Waals surface area contributed by atoms with Crippen LogP contribution in [0.1, 0.15) is 5.56 Å². The summed E-state index contributed by atoms with van der Waals surface area (Å²) >= 11 is 5.84. The van der Waals surface area contributed by atoms with Crippen molar-refractivity contribution in [3.63, 3.8) is 0 Å². The van der Waals surface area contributed by atoms with E-state index in [2.05, 4.69) is 15.3 Å². The van der Waals surface area contributed by atoms with E-state index in [4.69, 9.17) is 16.0 Å². The number of hydrogen-bond donors (Lipinski definition) is 2. The molecule has 4 aromatic rings. The van der Waals surface area contributed by atoms with Gasteiger partial charge in [0, 0.05) is 35.1 Å². The van der Waals surface area contributed by atoms with Crippen LogP contribution in [0, 0.1) is 0 Å². The van der Waals surface area contributed by atoms with Crippen LogP contribution in [0.5, 0.6) is 5.75 Å². The first kappa shape index (κ1) is 17.8. The number of carbonyl (C=O) groups excluding carboxylic acids is 1. The number of carbonyl (C=O) groups is 1. The molecule has 0 atom stereocenters. The second kappa shape index (κ2) is 7.54. The van der Waals surface area contributed by atoms with Crippen LogP contribution < -0.4 is 5.32 Å². The second-order valence-corrected chi connectivity index (χ2v) is 6.40. The average molecular weight is 392 g/mol. The molecule has 0 aliphatic rings. The molecule has 7 heteroatoms. The number of phenols is 1.